The van der Waals surface area contributed by atoms with Gasteiger partial charge in [-0.1, -0.05) is 42.5 Å². The standard InChI is InChI=1S/C23H14O7/c1-12(24)29-22-17(30-23(28)13-7-3-2-4-8-13)11-16(25)18-19(22)21(27)15-10-6-5-9-14(15)20(18)26/h2-11,25H,1H3. The van der Waals surface area contributed by atoms with Gasteiger partial charge in [-0.3, -0.25) is 14.4 Å². The number of hydrogen-bond donors (Lipinski definition) is 1. The minimum atomic E-state index is -0.793. The molecule has 30 heavy (non-hydrogen) atoms. The fraction of sp³-hybridized carbons (Fsp3) is 0.0435. The predicted octanol–water partition coefficient (Wildman–Crippen LogP) is 3.31. The van der Waals surface area contributed by atoms with Crippen LogP contribution in [0, 0.1) is 0 Å². The Bertz CT molecular complexity index is 1230. The third-order valence-electron chi connectivity index (χ3n) is 4.55. The monoisotopic (exact) mass is 402 g/mol. The molecule has 0 spiro atoms. The number of carbonyl (C=O) groups is 4. The molecule has 0 saturated heterocycles. The third kappa shape index (κ3) is 3.12. The summed E-state index contributed by atoms with van der Waals surface area (Å²) in [6.07, 6.45) is 0. The Balaban J connectivity index is 1.90. The van der Waals surface area contributed by atoms with Crippen molar-refractivity contribution >= 4 is 23.5 Å². The molecule has 0 aromatic heterocycles. The molecule has 0 radical (unpaired) electrons. The van der Waals surface area contributed by atoms with Crippen LogP contribution in [0.15, 0.2) is 60.7 Å². The Morgan fingerprint density at radius 2 is 1.37 bits per heavy atom. The molecule has 148 valence electrons. The van der Waals surface area contributed by atoms with E-state index < -0.39 is 35.0 Å². The lowest BCUT2D eigenvalue weighted by Gasteiger charge is -2.22. The van der Waals surface area contributed by atoms with Crippen LogP contribution in [0.4, 0.5) is 0 Å². The van der Waals surface area contributed by atoms with Crippen molar-refractivity contribution in [2.75, 3.05) is 0 Å². The number of ether oxygens (including phenoxy) is 2. The molecule has 1 aliphatic rings. The van der Waals surface area contributed by atoms with Gasteiger partial charge in [0.25, 0.3) is 0 Å². The molecule has 1 aliphatic carbocycles. The highest BCUT2D eigenvalue weighted by molar-refractivity contribution is 6.30. The fourth-order valence-electron chi connectivity index (χ4n) is 3.28. The average molecular weight is 402 g/mol. The van der Waals surface area contributed by atoms with Crippen molar-refractivity contribution < 1.29 is 33.8 Å². The van der Waals surface area contributed by atoms with Gasteiger partial charge >= 0.3 is 11.9 Å². The fourth-order valence-corrected chi connectivity index (χ4v) is 3.28. The molecule has 0 heterocycles. The first-order chi connectivity index (χ1) is 14.4. The Morgan fingerprint density at radius 3 is 1.97 bits per heavy atom. The predicted molar refractivity (Wildman–Crippen MR) is 104 cm³/mol. The molecular formula is C23H14O7. The van der Waals surface area contributed by atoms with E-state index in [9.17, 15) is 24.3 Å². The molecule has 4 rings (SSSR count). The molecule has 0 fully saturated rings. The van der Waals surface area contributed by atoms with Gasteiger partial charge in [-0.15, -0.1) is 0 Å². The van der Waals surface area contributed by atoms with Gasteiger partial charge in [0, 0.05) is 24.1 Å². The van der Waals surface area contributed by atoms with E-state index in [0.29, 0.717) is 0 Å². The van der Waals surface area contributed by atoms with Crippen LogP contribution in [0.2, 0.25) is 0 Å². The van der Waals surface area contributed by atoms with Gasteiger partial charge in [0.05, 0.1) is 16.7 Å². The molecule has 0 unspecified atom stereocenters. The van der Waals surface area contributed by atoms with Crippen molar-refractivity contribution in [1.29, 1.82) is 0 Å². The molecule has 3 aromatic rings. The summed E-state index contributed by atoms with van der Waals surface area (Å²) < 4.78 is 10.5. The summed E-state index contributed by atoms with van der Waals surface area (Å²) in [6, 6.07) is 15.1. The number of esters is 2. The number of fused-ring (bicyclic) bond motifs is 2. The second kappa shape index (κ2) is 7.29. The first-order valence-electron chi connectivity index (χ1n) is 8.92. The lowest BCUT2D eigenvalue weighted by atomic mass is 9.83. The van der Waals surface area contributed by atoms with Crippen molar-refractivity contribution in [3.05, 3.63) is 88.5 Å². The molecule has 0 aliphatic heterocycles. The van der Waals surface area contributed by atoms with E-state index >= 15 is 0 Å². The molecule has 7 nitrogen and oxygen atoms in total. The quantitative estimate of drug-likeness (QED) is 0.414. The van der Waals surface area contributed by atoms with E-state index in [2.05, 4.69) is 0 Å². The summed E-state index contributed by atoms with van der Waals surface area (Å²) in [6.45, 7) is 1.10. The number of hydrogen-bond acceptors (Lipinski definition) is 7. The maximum Gasteiger partial charge on any atom is 0.343 e. The van der Waals surface area contributed by atoms with Gasteiger partial charge < -0.3 is 14.6 Å². The van der Waals surface area contributed by atoms with Crippen LogP contribution in [-0.2, 0) is 4.79 Å². The van der Waals surface area contributed by atoms with Crippen molar-refractivity contribution in [2.24, 2.45) is 0 Å². The van der Waals surface area contributed by atoms with Crippen LogP contribution in [0.1, 0.15) is 49.1 Å². The van der Waals surface area contributed by atoms with Gasteiger partial charge in [-0.25, -0.2) is 4.79 Å². The molecular weight excluding hydrogens is 388 g/mol. The summed E-state index contributed by atoms with van der Waals surface area (Å²) in [5.41, 5.74) is -0.224. The second-order valence-electron chi connectivity index (χ2n) is 6.53. The molecule has 0 atom stereocenters. The van der Waals surface area contributed by atoms with Crippen LogP contribution < -0.4 is 9.47 Å². The number of carbonyl (C=O) groups excluding carboxylic acids is 4. The SMILES string of the molecule is CC(=O)Oc1c(OC(=O)c2ccccc2)cc(O)c2c1C(=O)c1ccccc1C2=O. The van der Waals surface area contributed by atoms with Crippen molar-refractivity contribution in [3.8, 4) is 17.2 Å². The number of benzene rings is 3. The van der Waals surface area contributed by atoms with Crippen LogP contribution >= 0.6 is 0 Å². The van der Waals surface area contributed by atoms with E-state index in [1.807, 2.05) is 0 Å². The zero-order valence-electron chi connectivity index (χ0n) is 15.7. The summed E-state index contributed by atoms with van der Waals surface area (Å²) >= 11 is 0. The van der Waals surface area contributed by atoms with Gasteiger partial charge in [0.15, 0.2) is 23.1 Å². The van der Waals surface area contributed by atoms with E-state index in [1.165, 1.54) is 24.3 Å². The third-order valence-corrected chi connectivity index (χ3v) is 4.55. The zero-order chi connectivity index (χ0) is 21.4. The topological polar surface area (TPSA) is 107 Å². The number of aromatic hydroxyl groups is 1. The van der Waals surface area contributed by atoms with Crippen LogP contribution in [0.25, 0.3) is 0 Å². The highest BCUT2D eigenvalue weighted by Gasteiger charge is 2.37. The van der Waals surface area contributed by atoms with E-state index in [-0.39, 0.29) is 33.6 Å². The number of rotatable bonds is 3. The minimum absolute atomic E-state index is 0.0920. The molecule has 7 heteroatoms. The van der Waals surface area contributed by atoms with E-state index in [1.54, 1.807) is 30.3 Å². The molecule has 0 saturated carbocycles. The molecule has 3 aromatic carbocycles. The van der Waals surface area contributed by atoms with Gasteiger partial charge in [0.2, 0.25) is 0 Å². The highest BCUT2D eigenvalue weighted by atomic mass is 16.6. The van der Waals surface area contributed by atoms with Crippen LogP contribution in [0.5, 0.6) is 17.2 Å². The summed E-state index contributed by atoms with van der Waals surface area (Å²) in [5.74, 6) is -4.14. The Labute approximate surface area is 170 Å². The average Bonchev–Trinajstić information content (AvgIpc) is 2.74. The van der Waals surface area contributed by atoms with Crippen molar-refractivity contribution in [2.45, 2.75) is 6.92 Å². The molecule has 0 amide bonds. The second-order valence-corrected chi connectivity index (χ2v) is 6.53. The first kappa shape index (κ1) is 19.1. The maximum atomic E-state index is 13.1. The van der Waals surface area contributed by atoms with Crippen LogP contribution in [0.3, 0.4) is 0 Å². The van der Waals surface area contributed by atoms with E-state index in [0.717, 1.165) is 13.0 Å². The van der Waals surface area contributed by atoms with Crippen molar-refractivity contribution in [1.82, 2.24) is 0 Å². The summed E-state index contributed by atoms with van der Waals surface area (Å²) in [4.78, 5) is 50.2. The first-order valence-corrected chi connectivity index (χ1v) is 8.92. The Kier molecular flexibility index (Phi) is 4.63. The van der Waals surface area contributed by atoms with Gasteiger partial charge in [-0.05, 0) is 12.1 Å². The smallest absolute Gasteiger partial charge is 0.343 e. The Morgan fingerprint density at radius 1 is 0.800 bits per heavy atom. The minimum Gasteiger partial charge on any atom is -0.507 e. The number of ketones is 2. The molecule has 0 bridgehead atoms. The highest BCUT2D eigenvalue weighted by Crippen LogP contribution is 2.44. The van der Waals surface area contributed by atoms with E-state index in [4.69, 9.17) is 9.47 Å². The molecule has 1 N–H and O–H groups in total. The Hall–Kier alpha value is -4.26. The summed E-state index contributed by atoms with van der Waals surface area (Å²) in [7, 11) is 0. The van der Waals surface area contributed by atoms with Crippen molar-refractivity contribution in [3.63, 3.8) is 0 Å². The summed E-state index contributed by atoms with van der Waals surface area (Å²) in [5, 5.41) is 10.5. The lowest BCUT2D eigenvalue weighted by Crippen LogP contribution is -2.23. The lowest BCUT2D eigenvalue weighted by molar-refractivity contribution is -0.132. The van der Waals surface area contributed by atoms with Crippen LogP contribution in [-0.4, -0.2) is 28.6 Å². The normalized spacial score (nSPS) is 12.0. The number of phenolic OH excluding ortho intramolecular Hbond substituents is 1. The number of phenols is 1. The maximum absolute atomic E-state index is 13.1. The zero-order valence-corrected chi connectivity index (χ0v) is 15.7. The van der Waals surface area contributed by atoms with Gasteiger partial charge in [0.1, 0.15) is 5.75 Å². The largest absolute Gasteiger partial charge is 0.507 e. The van der Waals surface area contributed by atoms with Gasteiger partial charge in [-0.2, -0.15) is 0 Å².